The molecule has 3 rings (SSSR count). The smallest absolute Gasteiger partial charge is 0.194 e. The van der Waals surface area contributed by atoms with E-state index in [1.54, 1.807) is 12.2 Å². The highest BCUT2D eigenvalue weighted by atomic mass is 16.1. The Morgan fingerprint density at radius 3 is 1.94 bits per heavy atom. The molecule has 0 spiro atoms. The van der Waals surface area contributed by atoms with Crippen molar-refractivity contribution < 1.29 is 4.79 Å². The van der Waals surface area contributed by atoms with E-state index in [4.69, 9.17) is 0 Å². The van der Waals surface area contributed by atoms with Crippen LogP contribution in [-0.4, -0.2) is 5.78 Å². The van der Waals surface area contributed by atoms with Gasteiger partial charge in [-0.1, -0.05) is 49.6 Å². The molecule has 0 saturated carbocycles. The van der Waals surface area contributed by atoms with Crippen molar-refractivity contribution in [3.05, 3.63) is 71.8 Å². The average molecular weight is 232 g/mol. The number of hydrogen-bond acceptors (Lipinski definition) is 1. The maximum absolute atomic E-state index is 12.3. The maximum Gasteiger partial charge on any atom is 0.194 e. The van der Waals surface area contributed by atoms with Crippen LogP contribution in [0.1, 0.15) is 27.0 Å². The van der Waals surface area contributed by atoms with Gasteiger partial charge in [0.1, 0.15) is 0 Å². The molecule has 0 unspecified atom stereocenters. The molecule has 0 radical (unpaired) electrons. The van der Waals surface area contributed by atoms with Crippen molar-refractivity contribution in [1.82, 2.24) is 0 Å². The van der Waals surface area contributed by atoms with Crippen LogP contribution in [0.2, 0.25) is 0 Å². The normalized spacial score (nSPS) is 11.9. The van der Waals surface area contributed by atoms with Crippen molar-refractivity contribution in [2.24, 2.45) is 0 Å². The predicted molar refractivity (Wildman–Crippen MR) is 75.5 cm³/mol. The van der Waals surface area contributed by atoms with Crippen LogP contribution in [0.4, 0.5) is 0 Å². The van der Waals surface area contributed by atoms with Crippen LogP contribution in [0.15, 0.2) is 49.6 Å². The molecule has 1 aliphatic rings. The van der Waals surface area contributed by atoms with Gasteiger partial charge in [0.25, 0.3) is 0 Å². The zero-order chi connectivity index (χ0) is 12.7. The predicted octanol–water partition coefficient (Wildman–Crippen LogP) is 4.18. The molecule has 1 nitrogen and oxygen atoms in total. The van der Waals surface area contributed by atoms with E-state index in [1.807, 2.05) is 36.4 Å². The quantitative estimate of drug-likeness (QED) is 0.647. The van der Waals surface area contributed by atoms with E-state index in [2.05, 4.69) is 13.2 Å². The van der Waals surface area contributed by atoms with Gasteiger partial charge < -0.3 is 0 Å². The molecule has 0 atom stereocenters. The lowest BCUT2D eigenvalue weighted by atomic mass is 9.98. The third-order valence-corrected chi connectivity index (χ3v) is 3.37. The molecule has 0 amide bonds. The fourth-order valence-corrected chi connectivity index (χ4v) is 2.46. The van der Waals surface area contributed by atoms with Crippen LogP contribution in [0.3, 0.4) is 0 Å². The number of benzene rings is 2. The molecule has 0 aromatic heterocycles. The van der Waals surface area contributed by atoms with Crippen LogP contribution in [0, 0.1) is 0 Å². The molecule has 18 heavy (non-hydrogen) atoms. The van der Waals surface area contributed by atoms with Crippen molar-refractivity contribution >= 4 is 17.9 Å². The summed E-state index contributed by atoms with van der Waals surface area (Å²) in [5.74, 6) is 0.0966. The Morgan fingerprint density at radius 2 is 1.33 bits per heavy atom. The number of ketones is 1. The minimum absolute atomic E-state index is 0.0966. The number of rotatable bonds is 2. The van der Waals surface area contributed by atoms with Gasteiger partial charge in [-0.15, -0.1) is 0 Å². The molecule has 1 heteroatoms. The van der Waals surface area contributed by atoms with E-state index in [-0.39, 0.29) is 5.78 Å². The Hall–Kier alpha value is -2.41. The second kappa shape index (κ2) is 3.81. The highest BCUT2D eigenvalue weighted by Crippen LogP contribution is 2.38. The Kier molecular flexibility index (Phi) is 2.27. The van der Waals surface area contributed by atoms with Crippen LogP contribution in [0.5, 0.6) is 0 Å². The molecule has 0 saturated heterocycles. The Bertz CT molecular complexity index is 693. The van der Waals surface area contributed by atoms with E-state index < -0.39 is 0 Å². The van der Waals surface area contributed by atoms with E-state index in [0.29, 0.717) is 0 Å². The summed E-state index contributed by atoms with van der Waals surface area (Å²) < 4.78 is 0. The first-order valence-electron chi connectivity index (χ1n) is 5.83. The van der Waals surface area contributed by atoms with Gasteiger partial charge in [-0.25, -0.2) is 0 Å². The zero-order valence-electron chi connectivity index (χ0n) is 9.94. The summed E-state index contributed by atoms with van der Waals surface area (Å²) in [6, 6.07) is 11.6. The molecule has 0 heterocycles. The summed E-state index contributed by atoms with van der Waals surface area (Å²) in [7, 11) is 0. The van der Waals surface area contributed by atoms with Crippen molar-refractivity contribution in [3.63, 3.8) is 0 Å². The standard InChI is InChI=1S/C17H12O/c1-3-11-9-15-13-7-5-6-8-14(13)17(18)16(15)10-12(11)4-2/h3-10H,1-2H2. The van der Waals surface area contributed by atoms with Gasteiger partial charge in [0.2, 0.25) is 0 Å². The highest BCUT2D eigenvalue weighted by molar-refractivity contribution is 6.22. The van der Waals surface area contributed by atoms with E-state index in [1.165, 1.54) is 0 Å². The Labute approximate surface area is 106 Å². The van der Waals surface area contributed by atoms with Crippen molar-refractivity contribution in [2.45, 2.75) is 0 Å². The topological polar surface area (TPSA) is 17.1 Å². The van der Waals surface area contributed by atoms with E-state index in [9.17, 15) is 4.79 Å². The van der Waals surface area contributed by atoms with Crippen LogP contribution < -0.4 is 0 Å². The third-order valence-electron chi connectivity index (χ3n) is 3.37. The van der Waals surface area contributed by atoms with Gasteiger partial charge in [-0.3, -0.25) is 4.79 Å². The summed E-state index contributed by atoms with van der Waals surface area (Å²) >= 11 is 0. The molecular weight excluding hydrogens is 220 g/mol. The van der Waals surface area contributed by atoms with Gasteiger partial charge in [0.05, 0.1) is 0 Å². The summed E-state index contributed by atoms with van der Waals surface area (Å²) in [5, 5.41) is 0. The van der Waals surface area contributed by atoms with Crippen molar-refractivity contribution in [1.29, 1.82) is 0 Å². The van der Waals surface area contributed by atoms with E-state index in [0.717, 1.165) is 33.4 Å². The minimum Gasteiger partial charge on any atom is -0.289 e. The maximum atomic E-state index is 12.3. The number of hydrogen-bond donors (Lipinski definition) is 0. The van der Waals surface area contributed by atoms with Gasteiger partial charge in [0.15, 0.2) is 5.78 Å². The second-order valence-electron chi connectivity index (χ2n) is 4.31. The van der Waals surface area contributed by atoms with Crippen molar-refractivity contribution in [2.75, 3.05) is 0 Å². The molecular formula is C17H12O. The molecule has 0 aliphatic heterocycles. The average Bonchev–Trinajstić information content (AvgIpc) is 2.71. The number of carbonyl (C=O) groups excluding carboxylic acids is 1. The van der Waals surface area contributed by atoms with Crippen molar-refractivity contribution in [3.8, 4) is 11.1 Å². The molecule has 0 bridgehead atoms. The first kappa shape index (κ1) is 10.7. The van der Waals surface area contributed by atoms with Gasteiger partial charge in [-0.2, -0.15) is 0 Å². The van der Waals surface area contributed by atoms with E-state index >= 15 is 0 Å². The van der Waals surface area contributed by atoms with Gasteiger partial charge in [0, 0.05) is 11.1 Å². The number of fused-ring (bicyclic) bond motifs is 3. The summed E-state index contributed by atoms with van der Waals surface area (Å²) in [5.41, 5.74) is 5.51. The lowest BCUT2D eigenvalue weighted by molar-refractivity contribution is 0.104. The second-order valence-corrected chi connectivity index (χ2v) is 4.31. The monoisotopic (exact) mass is 232 g/mol. The highest BCUT2D eigenvalue weighted by Gasteiger charge is 2.26. The third kappa shape index (κ3) is 1.31. The summed E-state index contributed by atoms with van der Waals surface area (Å²) in [4.78, 5) is 12.3. The molecule has 0 N–H and O–H groups in total. The molecule has 2 aromatic carbocycles. The molecule has 86 valence electrons. The Balaban J connectivity index is 2.36. The summed E-state index contributed by atoms with van der Waals surface area (Å²) in [6.45, 7) is 7.59. The molecule has 0 fully saturated rings. The number of carbonyl (C=O) groups is 1. The SMILES string of the molecule is C=Cc1cc2c(cc1C=C)-c1ccccc1C2=O. The first-order chi connectivity index (χ1) is 8.76. The zero-order valence-corrected chi connectivity index (χ0v) is 9.94. The van der Waals surface area contributed by atoms with Gasteiger partial charge in [-0.05, 0) is 34.4 Å². The fraction of sp³-hybridized carbons (Fsp3) is 0. The van der Waals surface area contributed by atoms with Crippen LogP contribution in [-0.2, 0) is 0 Å². The first-order valence-corrected chi connectivity index (χ1v) is 5.83. The lowest BCUT2D eigenvalue weighted by Gasteiger charge is -2.05. The minimum atomic E-state index is 0.0966. The largest absolute Gasteiger partial charge is 0.289 e. The molecule has 1 aliphatic carbocycles. The van der Waals surface area contributed by atoms with Crippen LogP contribution >= 0.6 is 0 Å². The Morgan fingerprint density at radius 1 is 0.778 bits per heavy atom. The fourth-order valence-electron chi connectivity index (χ4n) is 2.46. The summed E-state index contributed by atoms with van der Waals surface area (Å²) in [6.07, 6.45) is 3.55. The molecule has 2 aromatic rings. The van der Waals surface area contributed by atoms with Crippen LogP contribution in [0.25, 0.3) is 23.3 Å². The lowest BCUT2D eigenvalue weighted by Crippen LogP contribution is -1.95. The van der Waals surface area contributed by atoms with Gasteiger partial charge >= 0.3 is 0 Å².